The molecule has 1 aliphatic carbocycles. The minimum absolute atomic E-state index is 0.834. The molecule has 4 aromatic carbocycles. The first-order chi connectivity index (χ1) is 24.3. The Morgan fingerprint density at radius 2 is 0.857 bits per heavy atom. The van der Waals surface area contributed by atoms with Crippen LogP contribution in [0.2, 0.25) is 0 Å². The van der Waals surface area contributed by atoms with E-state index in [1.54, 1.807) is 0 Å². The Hall–Kier alpha value is -6.52. The lowest BCUT2D eigenvalue weighted by Crippen LogP contribution is -2.02. The quantitative estimate of drug-likeness (QED) is 0.205. The second kappa shape index (κ2) is 11.0. The van der Waals surface area contributed by atoms with Crippen molar-refractivity contribution >= 4 is 45.9 Å². The normalized spacial score (nSPS) is 12.9. The summed E-state index contributed by atoms with van der Waals surface area (Å²) in [7, 11) is 0. The van der Waals surface area contributed by atoms with Crippen LogP contribution in [0.5, 0.6) is 0 Å². The molecule has 10 rings (SSSR count). The maximum absolute atomic E-state index is 5.49. The van der Waals surface area contributed by atoms with Gasteiger partial charge in [-0.05, 0) is 75.9 Å². The van der Waals surface area contributed by atoms with Gasteiger partial charge < -0.3 is 9.97 Å². The van der Waals surface area contributed by atoms with E-state index in [0.29, 0.717) is 0 Å². The molecule has 0 fully saturated rings. The summed E-state index contributed by atoms with van der Waals surface area (Å²) in [5.74, 6) is 0. The van der Waals surface area contributed by atoms with Crippen LogP contribution >= 0.6 is 0 Å². The summed E-state index contributed by atoms with van der Waals surface area (Å²) in [5, 5.41) is 0. The van der Waals surface area contributed by atoms with Gasteiger partial charge in [-0.2, -0.15) is 0 Å². The zero-order valence-electron chi connectivity index (χ0n) is 26.6. The summed E-state index contributed by atoms with van der Waals surface area (Å²) in [6.45, 7) is 0. The average Bonchev–Trinajstić information content (AvgIpc) is 3.98. The molecule has 5 heterocycles. The molecule has 0 saturated heterocycles. The predicted molar refractivity (Wildman–Crippen MR) is 203 cm³/mol. The maximum atomic E-state index is 5.49. The smallest absolute Gasteiger partial charge is 0.0772 e. The van der Waals surface area contributed by atoms with Crippen LogP contribution < -0.4 is 0 Å². The van der Waals surface area contributed by atoms with Crippen molar-refractivity contribution in [2.45, 2.75) is 6.42 Å². The van der Waals surface area contributed by atoms with Crippen molar-refractivity contribution < 1.29 is 0 Å². The minimum Gasteiger partial charge on any atom is -0.354 e. The monoisotopic (exact) mass is 626 g/mol. The molecule has 2 N–H and O–H groups in total. The van der Waals surface area contributed by atoms with E-state index in [2.05, 4.69) is 168 Å². The van der Waals surface area contributed by atoms with Crippen LogP contribution in [0, 0.1) is 0 Å². The Bertz CT molecular complexity index is 2660. The summed E-state index contributed by atoms with van der Waals surface area (Å²) >= 11 is 0. The number of nitrogens with one attached hydrogen (secondary N) is 2. The highest BCUT2D eigenvalue weighted by Crippen LogP contribution is 2.45. The maximum Gasteiger partial charge on any atom is 0.0772 e. The van der Waals surface area contributed by atoms with Crippen molar-refractivity contribution in [3.8, 4) is 44.5 Å². The van der Waals surface area contributed by atoms with Crippen LogP contribution in [0.25, 0.3) is 90.4 Å². The van der Waals surface area contributed by atoms with Crippen molar-refractivity contribution in [1.29, 1.82) is 0 Å². The van der Waals surface area contributed by atoms with Gasteiger partial charge in [0.25, 0.3) is 0 Å². The third-order valence-electron chi connectivity index (χ3n) is 9.80. The van der Waals surface area contributed by atoms with E-state index in [0.717, 1.165) is 90.2 Å². The Balaban J connectivity index is 1.42. The lowest BCUT2D eigenvalue weighted by Gasteiger charge is -2.18. The molecule has 0 unspecified atom stereocenters. The minimum atomic E-state index is 0.834. The number of hydrogen-bond acceptors (Lipinski definition) is 2. The Morgan fingerprint density at radius 3 is 1.39 bits per heavy atom. The van der Waals surface area contributed by atoms with E-state index in [9.17, 15) is 0 Å². The zero-order chi connectivity index (χ0) is 32.3. The zero-order valence-corrected chi connectivity index (χ0v) is 26.6. The van der Waals surface area contributed by atoms with Crippen LogP contribution in [0.15, 0.2) is 140 Å². The van der Waals surface area contributed by atoms with E-state index >= 15 is 0 Å². The molecule has 0 atom stereocenters. The number of rotatable bonds is 3. The van der Waals surface area contributed by atoms with E-state index in [1.807, 2.05) is 0 Å². The molecule has 3 aromatic heterocycles. The molecule has 3 aliphatic rings. The van der Waals surface area contributed by atoms with Crippen molar-refractivity contribution in [3.63, 3.8) is 0 Å². The number of nitrogens with zero attached hydrogens (tertiary/aromatic N) is 2. The van der Waals surface area contributed by atoms with Crippen molar-refractivity contribution in [3.05, 3.63) is 168 Å². The van der Waals surface area contributed by atoms with E-state index in [-0.39, 0.29) is 0 Å². The Morgan fingerprint density at radius 1 is 0.408 bits per heavy atom. The molecule has 8 bridgehead atoms. The van der Waals surface area contributed by atoms with Crippen LogP contribution in [-0.4, -0.2) is 19.9 Å². The van der Waals surface area contributed by atoms with Gasteiger partial charge in [0.05, 0.1) is 22.8 Å². The number of allylic oxidation sites excluding steroid dienone is 1. The van der Waals surface area contributed by atoms with E-state index < -0.39 is 0 Å². The molecule has 49 heavy (non-hydrogen) atoms. The molecule has 2 aliphatic heterocycles. The molecule has 7 aromatic rings. The fourth-order valence-electron chi connectivity index (χ4n) is 7.61. The molecule has 0 saturated carbocycles. The Kier molecular flexibility index (Phi) is 6.21. The second-order valence-corrected chi connectivity index (χ2v) is 12.7. The van der Waals surface area contributed by atoms with Gasteiger partial charge in [-0.25, -0.2) is 9.97 Å². The van der Waals surface area contributed by atoms with Crippen LogP contribution in [0.1, 0.15) is 28.3 Å². The first-order valence-corrected chi connectivity index (χ1v) is 16.7. The number of aromatic nitrogens is 4. The molecular formula is C45H30N4. The first-order valence-electron chi connectivity index (χ1n) is 16.7. The van der Waals surface area contributed by atoms with Gasteiger partial charge in [0.2, 0.25) is 0 Å². The third-order valence-corrected chi connectivity index (χ3v) is 9.80. The number of benzene rings is 4. The molecule has 0 spiro atoms. The highest BCUT2D eigenvalue weighted by Gasteiger charge is 2.27. The summed E-state index contributed by atoms with van der Waals surface area (Å²) < 4.78 is 0. The highest BCUT2D eigenvalue weighted by atomic mass is 14.8. The number of fused-ring (bicyclic) bond motifs is 10. The molecular weight excluding hydrogens is 597 g/mol. The van der Waals surface area contributed by atoms with Crippen molar-refractivity contribution in [2.75, 3.05) is 0 Å². The molecule has 0 radical (unpaired) electrons. The lowest BCUT2D eigenvalue weighted by molar-refractivity contribution is 1.21. The van der Waals surface area contributed by atoms with Crippen LogP contribution in [-0.2, 0) is 6.42 Å². The largest absolute Gasteiger partial charge is 0.354 e. The fraction of sp³-hybridized carbons (Fsp3) is 0.0222. The van der Waals surface area contributed by atoms with Gasteiger partial charge in [-0.15, -0.1) is 0 Å². The van der Waals surface area contributed by atoms with Crippen molar-refractivity contribution in [2.24, 2.45) is 0 Å². The standard InChI is InChI=1S/C45H30N4/c1-4-12-28(13-5-1)41-34-20-21-35(46-34)42(29-14-6-2-7-15-29)37-24-25-39(48-37)44-33-19-11-10-18-31(33)26-32-27-40(49-45(32)44)43(30-16-8-3-9-17-30)38-23-22-36(41)47-38/h1-25,27,47-48H,26H2. The van der Waals surface area contributed by atoms with Gasteiger partial charge in [-0.1, -0.05) is 115 Å². The van der Waals surface area contributed by atoms with Gasteiger partial charge in [0, 0.05) is 50.7 Å². The van der Waals surface area contributed by atoms with Crippen molar-refractivity contribution in [1.82, 2.24) is 19.9 Å². The van der Waals surface area contributed by atoms with E-state index in [1.165, 1.54) is 16.7 Å². The van der Waals surface area contributed by atoms with Gasteiger partial charge in [-0.3, -0.25) is 0 Å². The second-order valence-electron chi connectivity index (χ2n) is 12.7. The SMILES string of the molecule is C1=Cc2nc1c(-c1ccccc1)c1ccc([nH]1)c(-c1ccccc1)c1nc3c(c4ccc([nH]4)c2-c2ccccc2)-c2ccccc2CC3=C1. The van der Waals surface area contributed by atoms with Gasteiger partial charge >= 0.3 is 0 Å². The molecule has 230 valence electrons. The van der Waals surface area contributed by atoms with Gasteiger partial charge in [0.1, 0.15) is 0 Å². The fourth-order valence-corrected chi connectivity index (χ4v) is 7.61. The lowest BCUT2D eigenvalue weighted by atomic mass is 9.86. The number of H-pyrrole nitrogens is 2. The highest BCUT2D eigenvalue weighted by molar-refractivity contribution is 6.04. The predicted octanol–water partition coefficient (Wildman–Crippen LogP) is 11.2. The number of aromatic amines is 2. The molecule has 4 heteroatoms. The van der Waals surface area contributed by atoms with Crippen LogP contribution in [0.4, 0.5) is 0 Å². The topological polar surface area (TPSA) is 57.4 Å². The first kappa shape index (κ1) is 27.6. The summed E-state index contributed by atoms with van der Waals surface area (Å²) in [4.78, 5) is 18.6. The van der Waals surface area contributed by atoms with E-state index in [4.69, 9.17) is 9.97 Å². The van der Waals surface area contributed by atoms with Gasteiger partial charge in [0.15, 0.2) is 0 Å². The summed E-state index contributed by atoms with van der Waals surface area (Å²) in [5.41, 5.74) is 19.3. The number of hydrogen-bond donors (Lipinski definition) is 2. The Labute approximate surface area is 283 Å². The molecule has 0 amide bonds. The average molecular weight is 627 g/mol. The summed E-state index contributed by atoms with van der Waals surface area (Å²) in [6, 6.07) is 49.2. The summed E-state index contributed by atoms with van der Waals surface area (Å²) in [6.07, 6.45) is 7.43. The third kappa shape index (κ3) is 4.53. The van der Waals surface area contributed by atoms with Crippen LogP contribution in [0.3, 0.4) is 0 Å². The molecule has 4 nitrogen and oxygen atoms in total.